The molecule has 0 saturated carbocycles. The van der Waals surface area contributed by atoms with Crippen molar-refractivity contribution in [2.45, 2.75) is 57.9 Å². The predicted octanol–water partition coefficient (Wildman–Crippen LogP) is 6.29. The summed E-state index contributed by atoms with van der Waals surface area (Å²) in [7, 11) is 3.21. The molecule has 4 aromatic rings. The average molecular weight is 649 g/mol. The molecule has 1 fully saturated rings. The van der Waals surface area contributed by atoms with Gasteiger partial charge in [0.25, 0.3) is 0 Å². The Labute approximate surface area is 268 Å². The first-order chi connectivity index (χ1) is 21.6. The monoisotopic (exact) mass is 648 g/mol. The Hall–Kier alpha value is -3.77. The summed E-state index contributed by atoms with van der Waals surface area (Å²) < 4.78 is 33.3. The van der Waals surface area contributed by atoms with Crippen molar-refractivity contribution in [3.05, 3.63) is 88.1 Å². The third kappa shape index (κ3) is 5.63. The molecular formula is C33H34F2N6O2S2. The van der Waals surface area contributed by atoms with E-state index in [0.717, 1.165) is 11.3 Å². The molecule has 234 valence electrons. The standard InChI is InChI=1S/C33H34F2N6O2S2/c1-6-26(42)39-15-20(5)40(16-19(39)4)31-23-14-25(35)29-27-22(8-7-9-24(27)34)17-45-44-13-11-21-10-12-36-28(18(2)3)30(21)41(32(23)37-29)33(43)38-31/h6-10,12,14,18-20H,1,11,13,15-17H2,2-5H3/t19-,20+/m1/s1. The van der Waals surface area contributed by atoms with E-state index in [9.17, 15) is 9.59 Å². The molecule has 2 aliphatic rings. The molecule has 0 N–H and O–H groups in total. The van der Waals surface area contributed by atoms with Crippen LogP contribution in [-0.2, 0) is 17.0 Å². The van der Waals surface area contributed by atoms with Crippen molar-refractivity contribution in [1.82, 2.24) is 24.4 Å². The molecule has 2 bridgehead atoms. The summed E-state index contributed by atoms with van der Waals surface area (Å²) in [6.07, 6.45) is 3.68. The highest BCUT2D eigenvalue weighted by molar-refractivity contribution is 8.76. The molecule has 2 atom stereocenters. The number of anilines is 1. The van der Waals surface area contributed by atoms with E-state index in [4.69, 9.17) is 4.98 Å². The lowest BCUT2D eigenvalue weighted by Crippen LogP contribution is -2.58. The number of pyridine rings is 2. The number of hydrogen-bond acceptors (Lipinski definition) is 8. The summed E-state index contributed by atoms with van der Waals surface area (Å²) >= 11 is 0. The number of aromatic nitrogens is 4. The highest BCUT2D eigenvalue weighted by Gasteiger charge is 2.34. The van der Waals surface area contributed by atoms with Crippen LogP contribution in [-0.4, -0.2) is 61.3 Å². The summed E-state index contributed by atoms with van der Waals surface area (Å²) in [5.74, 6) is -0.0727. The summed E-state index contributed by atoms with van der Waals surface area (Å²) in [6, 6.07) is 7.44. The second-order valence-corrected chi connectivity index (χ2v) is 14.3. The fourth-order valence-corrected chi connectivity index (χ4v) is 8.32. The van der Waals surface area contributed by atoms with Gasteiger partial charge in [0.1, 0.15) is 23.1 Å². The van der Waals surface area contributed by atoms with Crippen molar-refractivity contribution in [3.8, 4) is 16.9 Å². The molecule has 0 radical (unpaired) electrons. The Morgan fingerprint density at radius 3 is 2.62 bits per heavy atom. The molecule has 0 aliphatic carbocycles. The molecule has 1 amide bonds. The highest BCUT2D eigenvalue weighted by atomic mass is 33.1. The maximum atomic E-state index is 16.3. The van der Waals surface area contributed by atoms with Gasteiger partial charge < -0.3 is 9.80 Å². The average Bonchev–Trinajstić information content (AvgIpc) is 3.02. The van der Waals surface area contributed by atoms with Crippen molar-refractivity contribution in [1.29, 1.82) is 0 Å². The number of benzene rings is 1. The molecule has 3 aromatic heterocycles. The van der Waals surface area contributed by atoms with Gasteiger partial charge in [-0.3, -0.25) is 9.78 Å². The minimum absolute atomic E-state index is 0.0475. The van der Waals surface area contributed by atoms with Crippen molar-refractivity contribution < 1.29 is 13.6 Å². The van der Waals surface area contributed by atoms with E-state index in [1.54, 1.807) is 44.8 Å². The van der Waals surface area contributed by atoms with Gasteiger partial charge in [-0.2, -0.15) is 4.98 Å². The first-order valence-corrected chi connectivity index (χ1v) is 17.4. The maximum absolute atomic E-state index is 16.3. The van der Waals surface area contributed by atoms with Crippen LogP contribution in [0.1, 0.15) is 50.4 Å². The van der Waals surface area contributed by atoms with Crippen LogP contribution in [0.2, 0.25) is 0 Å². The number of piperazine rings is 1. The molecule has 1 aromatic carbocycles. The summed E-state index contributed by atoms with van der Waals surface area (Å²) in [5.41, 5.74) is 2.29. The number of nitrogens with zero attached hydrogens (tertiary/aromatic N) is 6. The molecule has 8 nitrogen and oxygen atoms in total. The lowest BCUT2D eigenvalue weighted by atomic mass is 10.0. The zero-order valence-corrected chi connectivity index (χ0v) is 27.2. The lowest BCUT2D eigenvalue weighted by molar-refractivity contribution is -0.128. The van der Waals surface area contributed by atoms with Crippen molar-refractivity contribution in [3.63, 3.8) is 0 Å². The van der Waals surface area contributed by atoms with Gasteiger partial charge in [0.2, 0.25) is 5.91 Å². The van der Waals surface area contributed by atoms with Gasteiger partial charge in [0.05, 0.1) is 16.8 Å². The largest absolute Gasteiger partial charge is 0.355 e. The van der Waals surface area contributed by atoms with Crippen LogP contribution < -0.4 is 10.6 Å². The number of carbonyl (C=O) groups excluding carboxylic acids is 1. The van der Waals surface area contributed by atoms with Gasteiger partial charge in [0, 0.05) is 48.4 Å². The summed E-state index contributed by atoms with van der Waals surface area (Å²) in [5, 5.41) is 0.319. The summed E-state index contributed by atoms with van der Waals surface area (Å²) in [6.45, 7) is 12.2. The van der Waals surface area contributed by atoms with Crippen molar-refractivity contribution >= 4 is 44.3 Å². The minimum Gasteiger partial charge on any atom is -0.349 e. The maximum Gasteiger partial charge on any atom is 0.355 e. The Morgan fingerprint density at radius 1 is 1.07 bits per heavy atom. The number of aryl methyl sites for hydroxylation is 1. The topological polar surface area (TPSA) is 84.2 Å². The van der Waals surface area contributed by atoms with E-state index in [0.29, 0.717) is 47.6 Å². The third-order valence-corrected chi connectivity index (χ3v) is 10.7. The first kappa shape index (κ1) is 31.2. The van der Waals surface area contributed by atoms with E-state index < -0.39 is 17.3 Å². The number of halogens is 2. The zero-order chi connectivity index (χ0) is 32.0. The molecule has 1 saturated heterocycles. The van der Waals surface area contributed by atoms with Gasteiger partial charge in [-0.05, 0) is 61.6 Å². The minimum atomic E-state index is -0.716. The molecule has 2 aliphatic heterocycles. The fourth-order valence-electron chi connectivity index (χ4n) is 6.21. The van der Waals surface area contributed by atoms with Gasteiger partial charge in [0.15, 0.2) is 5.65 Å². The van der Waals surface area contributed by atoms with E-state index in [1.165, 1.54) is 22.8 Å². The van der Waals surface area contributed by atoms with E-state index in [-0.39, 0.29) is 46.6 Å². The van der Waals surface area contributed by atoms with Gasteiger partial charge >= 0.3 is 5.69 Å². The fraction of sp³-hybridized carbons (Fsp3) is 0.364. The second kappa shape index (κ2) is 12.6. The predicted molar refractivity (Wildman–Crippen MR) is 178 cm³/mol. The number of amides is 1. The van der Waals surface area contributed by atoms with Gasteiger partial charge in [-0.1, -0.05) is 54.1 Å². The van der Waals surface area contributed by atoms with Crippen LogP contribution in [0.3, 0.4) is 0 Å². The molecular weight excluding hydrogens is 615 g/mol. The SMILES string of the molecule is C=CC(=O)N1C[C@H](C)N(c2nc(=O)n3c4nc(c(F)cc24)-c2c(F)cccc2CSSCCc2ccnc(C(C)C)c2-3)C[C@H]1C. The van der Waals surface area contributed by atoms with Crippen LogP contribution in [0.4, 0.5) is 14.6 Å². The number of rotatable bonds is 3. The molecule has 0 spiro atoms. The quantitative estimate of drug-likeness (QED) is 0.189. The Balaban J connectivity index is 1.69. The second-order valence-electron chi connectivity index (χ2n) is 11.8. The molecule has 45 heavy (non-hydrogen) atoms. The van der Waals surface area contributed by atoms with Gasteiger partial charge in [-0.25, -0.2) is 23.1 Å². The summed E-state index contributed by atoms with van der Waals surface area (Å²) in [4.78, 5) is 44.5. The molecule has 6 rings (SSSR count). The number of carbonyl (C=O) groups is 1. The van der Waals surface area contributed by atoms with Crippen LogP contribution in [0.5, 0.6) is 0 Å². The highest BCUT2D eigenvalue weighted by Crippen LogP contribution is 2.38. The van der Waals surface area contributed by atoms with Crippen LogP contribution in [0.25, 0.3) is 28.0 Å². The van der Waals surface area contributed by atoms with Crippen LogP contribution >= 0.6 is 21.6 Å². The van der Waals surface area contributed by atoms with Gasteiger partial charge in [-0.15, -0.1) is 0 Å². The Morgan fingerprint density at radius 2 is 1.87 bits per heavy atom. The number of fused-ring (bicyclic) bond motifs is 5. The zero-order valence-electron chi connectivity index (χ0n) is 25.6. The first-order valence-electron chi connectivity index (χ1n) is 14.9. The third-order valence-electron chi connectivity index (χ3n) is 8.41. The van der Waals surface area contributed by atoms with E-state index in [2.05, 4.69) is 16.5 Å². The molecule has 5 heterocycles. The normalized spacial score (nSPS) is 18.6. The Kier molecular flexibility index (Phi) is 8.71. The van der Waals surface area contributed by atoms with Crippen LogP contribution in [0, 0.1) is 11.6 Å². The molecule has 0 unspecified atom stereocenters. The Bertz CT molecular complexity index is 1880. The van der Waals surface area contributed by atoms with E-state index in [1.807, 2.05) is 38.7 Å². The lowest BCUT2D eigenvalue weighted by Gasteiger charge is -2.44. The van der Waals surface area contributed by atoms with Crippen molar-refractivity contribution in [2.75, 3.05) is 23.7 Å². The van der Waals surface area contributed by atoms with Crippen LogP contribution in [0.15, 0.2) is 54.0 Å². The number of hydrogen-bond donors (Lipinski definition) is 0. The smallest absolute Gasteiger partial charge is 0.349 e. The van der Waals surface area contributed by atoms with E-state index >= 15 is 8.78 Å². The molecule has 12 heteroatoms. The van der Waals surface area contributed by atoms with Crippen molar-refractivity contribution in [2.24, 2.45) is 0 Å².